The van der Waals surface area contributed by atoms with Gasteiger partial charge in [-0.2, -0.15) is 0 Å². The van der Waals surface area contributed by atoms with Crippen LogP contribution in [0.2, 0.25) is 0 Å². The summed E-state index contributed by atoms with van der Waals surface area (Å²) in [5.41, 5.74) is 8.38. The minimum absolute atomic E-state index is 0.0407. The predicted octanol–water partition coefficient (Wildman–Crippen LogP) is 4.31. The molecule has 0 atom stereocenters. The highest BCUT2D eigenvalue weighted by atomic mass is 16.1. The summed E-state index contributed by atoms with van der Waals surface area (Å²) in [6.45, 7) is 14.4. The average molecular weight is 460 g/mol. The van der Waals surface area contributed by atoms with E-state index in [1.165, 1.54) is 16.8 Å². The van der Waals surface area contributed by atoms with Gasteiger partial charge in [0.1, 0.15) is 0 Å². The Kier molecular flexibility index (Phi) is 7.78. The number of rotatable bonds is 8. The van der Waals surface area contributed by atoms with Crippen molar-refractivity contribution >= 4 is 22.6 Å². The summed E-state index contributed by atoms with van der Waals surface area (Å²) in [5.74, 6) is -0.0407. The normalized spacial score (nSPS) is 14.5. The zero-order valence-electron chi connectivity index (χ0n) is 21.0. The third-order valence-electron chi connectivity index (χ3n) is 6.77. The third-order valence-corrected chi connectivity index (χ3v) is 6.77. The quantitative estimate of drug-likeness (QED) is 0.509. The van der Waals surface area contributed by atoms with Crippen LogP contribution in [0.5, 0.6) is 0 Å². The van der Waals surface area contributed by atoms with Gasteiger partial charge in [-0.25, -0.2) is 9.97 Å². The Labute approximate surface area is 203 Å². The minimum atomic E-state index is -0.0407. The van der Waals surface area contributed by atoms with Crippen LogP contribution in [0.3, 0.4) is 0 Å². The topological polar surface area (TPSA) is 61.4 Å². The summed E-state index contributed by atoms with van der Waals surface area (Å²) in [6, 6.07) is 12.3. The Morgan fingerprint density at radius 2 is 1.62 bits per heavy atom. The Balaban J connectivity index is 1.24. The van der Waals surface area contributed by atoms with E-state index in [9.17, 15) is 4.79 Å². The summed E-state index contributed by atoms with van der Waals surface area (Å²) in [5, 5.41) is 3.08. The standard InChI is InChI=1S/C28H37N5O/c1-5-23-24(6-2)31-26-19-22(10-11-25(26)30-23)28(34)29-12-7-13-32-14-16-33(17-15-32)27-18-20(3)8-9-21(27)4/h8-11,18-19H,5-7,12-17H2,1-4H3,(H,29,34). The van der Waals surface area contributed by atoms with Crippen LogP contribution in [0.1, 0.15) is 53.1 Å². The number of nitrogens with zero attached hydrogens (tertiary/aromatic N) is 4. The van der Waals surface area contributed by atoms with E-state index in [0.717, 1.165) is 74.4 Å². The SMILES string of the molecule is CCc1nc2ccc(C(=O)NCCCN3CCN(c4cc(C)ccc4C)CC3)cc2nc1CC. The molecule has 0 saturated carbocycles. The van der Waals surface area contributed by atoms with E-state index < -0.39 is 0 Å². The van der Waals surface area contributed by atoms with Crippen LogP contribution in [0.25, 0.3) is 11.0 Å². The Bertz CT molecular complexity index is 1150. The van der Waals surface area contributed by atoms with Gasteiger partial charge in [0.2, 0.25) is 0 Å². The molecule has 6 heteroatoms. The number of carbonyl (C=O) groups excluding carboxylic acids is 1. The van der Waals surface area contributed by atoms with Crippen LogP contribution < -0.4 is 10.2 Å². The molecule has 1 aromatic heterocycles. The molecule has 0 bridgehead atoms. The lowest BCUT2D eigenvalue weighted by molar-refractivity contribution is 0.0951. The lowest BCUT2D eigenvalue weighted by Gasteiger charge is -2.37. The molecule has 1 saturated heterocycles. The summed E-state index contributed by atoms with van der Waals surface area (Å²) >= 11 is 0. The van der Waals surface area contributed by atoms with E-state index in [4.69, 9.17) is 9.97 Å². The Morgan fingerprint density at radius 1 is 0.912 bits per heavy atom. The van der Waals surface area contributed by atoms with Crippen molar-refractivity contribution in [2.24, 2.45) is 0 Å². The first kappa shape index (κ1) is 24.1. The monoisotopic (exact) mass is 459 g/mol. The Morgan fingerprint density at radius 3 is 2.32 bits per heavy atom. The molecule has 3 aromatic rings. The van der Waals surface area contributed by atoms with Crippen molar-refractivity contribution in [3.63, 3.8) is 0 Å². The maximum absolute atomic E-state index is 12.7. The second-order valence-corrected chi connectivity index (χ2v) is 9.26. The number of hydrogen-bond donors (Lipinski definition) is 1. The number of amides is 1. The molecule has 1 fully saturated rings. The molecule has 1 aliphatic rings. The van der Waals surface area contributed by atoms with Gasteiger partial charge >= 0.3 is 0 Å². The minimum Gasteiger partial charge on any atom is -0.369 e. The molecule has 0 spiro atoms. The van der Waals surface area contributed by atoms with E-state index in [-0.39, 0.29) is 5.91 Å². The zero-order chi connectivity index (χ0) is 24.1. The van der Waals surface area contributed by atoms with E-state index in [2.05, 4.69) is 61.0 Å². The molecule has 180 valence electrons. The summed E-state index contributed by atoms with van der Waals surface area (Å²) in [6.07, 6.45) is 2.67. The van der Waals surface area contributed by atoms with Crippen LogP contribution in [0, 0.1) is 13.8 Å². The molecule has 0 unspecified atom stereocenters. The molecule has 0 aliphatic carbocycles. The van der Waals surface area contributed by atoms with Crippen molar-refractivity contribution in [1.82, 2.24) is 20.2 Å². The molecule has 0 radical (unpaired) electrons. The maximum Gasteiger partial charge on any atom is 0.251 e. The lowest BCUT2D eigenvalue weighted by atomic mass is 10.1. The van der Waals surface area contributed by atoms with Crippen molar-refractivity contribution in [3.05, 3.63) is 64.5 Å². The highest BCUT2D eigenvalue weighted by molar-refractivity contribution is 5.97. The number of nitrogens with one attached hydrogen (secondary N) is 1. The number of aryl methyl sites for hydroxylation is 4. The molecule has 1 aliphatic heterocycles. The zero-order valence-corrected chi connectivity index (χ0v) is 21.0. The van der Waals surface area contributed by atoms with Gasteiger partial charge in [-0.05, 0) is 75.0 Å². The second-order valence-electron chi connectivity index (χ2n) is 9.26. The number of carbonyl (C=O) groups is 1. The van der Waals surface area contributed by atoms with Crippen LogP contribution in [0.4, 0.5) is 5.69 Å². The average Bonchev–Trinajstić information content (AvgIpc) is 2.87. The van der Waals surface area contributed by atoms with Gasteiger partial charge in [-0.15, -0.1) is 0 Å². The summed E-state index contributed by atoms with van der Waals surface area (Å²) in [7, 11) is 0. The number of benzene rings is 2. The molecule has 6 nitrogen and oxygen atoms in total. The smallest absolute Gasteiger partial charge is 0.251 e. The highest BCUT2D eigenvalue weighted by Crippen LogP contribution is 2.23. The van der Waals surface area contributed by atoms with Gasteiger partial charge in [-0.1, -0.05) is 26.0 Å². The Hall–Kier alpha value is -2.99. The van der Waals surface area contributed by atoms with Crippen LogP contribution in [0.15, 0.2) is 36.4 Å². The molecule has 2 heterocycles. The van der Waals surface area contributed by atoms with Gasteiger partial charge in [0, 0.05) is 44.0 Å². The molecule has 4 rings (SSSR count). The third kappa shape index (κ3) is 5.55. The number of hydrogen-bond acceptors (Lipinski definition) is 5. The first-order chi connectivity index (χ1) is 16.5. The van der Waals surface area contributed by atoms with Crippen molar-refractivity contribution in [2.75, 3.05) is 44.2 Å². The van der Waals surface area contributed by atoms with Crippen LogP contribution in [-0.2, 0) is 12.8 Å². The molecular formula is C28H37N5O. The first-order valence-electron chi connectivity index (χ1n) is 12.6. The van der Waals surface area contributed by atoms with Crippen LogP contribution in [-0.4, -0.2) is 60.0 Å². The fraction of sp³-hybridized carbons (Fsp3) is 0.464. The van der Waals surface area contributed by atoms with Gasteiger partial charge in [0.15, 0.2) is 0 Å². The fourth-order valence-corrected chi connectivity index (χ4v) is 4.71. The van der Waals surface area contributed by atoms with Crippen molar-refractivity contribution < 1.29 is 4.79 Å². The van der Waals surface area contributed by atoms with E-state index in [1.807, 2.05) is 18.2 Å². The van der Waals surface area contributed by atoms with Crippen molar-refractivity contribution in [3.8, 4) is 0 Å². The highest BCUT2D eigenvalue weighted by Gasteiger charge is 2.18. The number of fused-ring (bicyclic) bond motifs is 1. The van der Waals surface area contributed by atoms with Gasteiger partial charge < -0.3 is 10.2 Å². The number of aromatic nitrogens is 2. The first-order valence-corrected chi connectivity index (χ1v) is 12.6. The van der Waals surface area contributed by atoms with Gasteiger partial charge in [0.25, 0.3) is 5.91 Å². The fourth-order valence-electron chi connectivity index (χ4n) is 4.71. The second kappa shape index (κ2) is 11.0. The van der Waals surface area contributed by atoms with E-state index >= 15 is 0 Å². The van der Waals surface area contributed by atoms with E-state index in [0.29, 0.717) is 12.1 Å². The predicted molar refractivity (Wildman–Crippen MR) is 140 cm³/mol. The summed E-state index contributed by atoms with van der Waals surface area (Å²) in [4.78, 5) is 27.2. The van der Waals surface area contributed by atoms with Crippen molar-refractivity contribution in [1.29, 1.82) is 0 Å². The summed E-state index contributed by atoms with van der Waals surface area (Å²) < 4.78 is 0. The number of anilines is 1. The molecule has 2 aromatic carbocycles. The molecule has 1 amide bonds. The lowest BCUT2D eigenvalue weighted by Crippen LogP contribution is -2.47. The van der Waals surface area contributed by atoms with Crippen molar-refractivity contribution in [2.45, 2.75) is 47.0 Å². The van der Waals surface area contributed by atoms with Gasteiger partial charge in [-0.3, -0.25) is 9.69 Å². The van der Waals surface area contributed by atoms with Crippen LogP contribution >= 0.6 is 0 Å². The molecular weight excluding hydrogens is 422 g/mol. The molecule has 34 heavy (non-hydrogen) atoms. The maximum atomic E-state index is 12.7. The van der Waals surface area contributed by atoms with E-state index in [1.54, 1.807) is 0 Å². The molecule has 1 N–H and O–H groups in total. The largest absolute Gasteiger partial charge is 0.369 e. The number of piperazine rings is 1. The van der Waals surface area contributed by atoms with Gasteiger partial charge in [0.05, 0.1) is 22.4 Å².